The van der Waals surface area contributed by atoms with Crippen molar-refractivity contribution in [3.05, 3.63) is 108 Å². The van der Waals surface area contributed by atoms with Crippen molar-refractivity contribution in [3.8, 4) is 5.75 Å². The number of nitro groups is 3. The maximum Gasteiger partial charge on any atom is 0.283 e. The molecule has 0 atom stereocenters. The topological polar surface area (TPSA) is 156 Å². The largest absolute Gasteiger partial charge is 0.863 e. The highest BCUT2D eigenvalue weighted by molar-refractivity contribution is 5.66. The fourth-order valence-corrected chi connectivity index (χ4v) is 2.42. The molecule has 0 saturated carbocycles. The Hall–Kier alpha value is -4.67. The lowest BCUT2D eigenvalue weighted by atomic mass is 10.2. The molecule has 11 nitrogen and oxygen atoms in total. The molecular formula is C20H16N4O7. The van der Waals surface area contributed by atoms with Crippen LogP contribution >= 0.6 is 0 Å². The summed E-state index contributed by atoms with van der Waals surface area (Å²) in [5, 5.41) is 42.1. The van der Waals surface area contributed by atoms with Gasteiger partial charge in [-0.3, -0.25) is 30.3 Å². The third-order valence-corrected chi connectivity index (χ3v) is 3.98. The molecule has 0 amide bonds. The normalized spacial score (nSPS) is 10.2. The SMILES string of the molecule is C[n+]1ccccc1/C=C/c1ccccc1.O=[N+]([O-])c1cc([N+](=O)[O-])c([O-])c([N+](=O)[O-])c1. The molecule has 0 bridgehead atoms. The van der Waals surface area contributed by atoms with Gasteiger partial charge in [-0.25, -0.2) is 4.57 Å². The Balaban J connectivity index is 0.000000220. The number of benzene rings is 2. The molecule has 0 aliphatic heterocycles. The molecule has 0 aliphatic carbocycles. The van der Waals surface area contributed by atoms with E-state index in [1.807, 2.05) is 43.6 Å². The second-order valence-corrected chi connectivity index (χ2v) is 6.06. The number of aryl methyl sites for hydroxylation is 1. The van der Waals surface area contributed by atoms with E-state index in [2.05, 4.69) is 34.9 Å². The predicted molar refractivity (Wildman–Crippen MR) is 109 cm³/mol. The molecule has 0 unspecified atom stereocenters. The molecule has 1 heterocycles. The highest BCUT2D eigenvalue weighted by Gasteiger charge is 2.24. The molecule has 3 rings (SSSR count). The van der Waals surface area contributed by atoms with E-state index in [0.29, 0.717) is 12.1 Å². The van der Waals surface area contributed by atoms with Crippen LogP contribution < -0.4 is 9.67 Å². The maximum absolute atomic E-state index is 11.1. The van der Waals surface area contributed by atoms with Crippen LogP contribution in [0.2, 0.25) is 0 Å². The molecule has 2 aromatic carbocycles. The van der Waals surface area contributed by atoms with Gasteiger partial charge in [-0.2, -0.15) is 0 Å². The molecule has 11 heteroatoms. The van der Waals surface area contributed by atoms with Gasteiger partial charge in [-0.05, 0) is 17.7 Å². The van der Waals surface area contributed by atoms with Crippen LogP contribution in [-0.2, 0) is 7.05 Å². The van der Waals surface area contributed by atoms with E-state index in [1.165, 1.54) is 11.3 Å². The summed E-state index contributed by atoms with van der Waals surface area (Å²) in [4.78, 5) is 27.5. The average molecular weight is 424 g/mol. The van der Waals surface area contributed by atoms with Crippen LogP contribution in [0.4, 0.5) is 17.1 Å². The van der Waals surface area contributed by atoms with Crippen molar-refractivity contribution >= 4 is 29.2 Å². The van der Waals surface area contributed by atoms with Crippen LogP contribution in [0, 0.1) is 30.3 Å². The van der Waals surface area contributed by atoms with E-state index in [-0.39, 0.29) is 0 Å². The molecule has 0 spiro atoms. The molecule has 0 aliphatic rings. The quantitative estimate of drug-likeness (QED) is 0.346. The van der Waals surface area contributed by atoms with E-state index in [9.17, 15) is 35.4 Å². The van der Waals surface area contributed by atoms with Crippen molar-refractivity contribution in [1.29, 1.82) is 0 Å². The zero-order valence-electron chi connectivity index (χ0n) is 16.2. The zero-order valence-corrected chi connectivity index (χ0v) is 16.2. The summed E-state index contributed by atoms with van der Waals surface area (Å²) in [6.07, 6.45) is 6.29. The highest BCUT2D eigenvalue weighted by atomic mass is 16.6. The second kappa shape index (κ2) is 10.2. The number of nitro benzene ring substituents is 3. The highest BCUT2D eigenvalue weighted by Crippen LogP contribution is 2.36. The number of rotatable bonds is 5. The molecular weight excluding hydrogens is 408 g/mol. The minimum Gasteiger partial charge on any atom is -0.863 e. The first kappa shape index (κ1) is 22.6. The van der Waals surface area contributed by atoms with Gasteiger partial charge in [-0.15, -0.1) is 0 Å². The fraction of sp³-hybridized carbons (Fsp3) is 0.0500. The molecule has 0 N–H and O–H groups in total. The van der Waals surface area contributed by atoms with Crippen molar-refractivity contribution in [2.24, 2.45) is 7.05 Å². The lowest BCUT2D eigenvalue weighted by Crippen LogP contribution is -2.30. The predicted octanol–water partition coefficient (Wildman–Crippen LogP) is 3.17. The van der Waals surface area contributed by atoms with Crippen LogP contribution in [0.15, 0.2) is 66.9 Å². The maximum atomic E-state index is 11.1. The van der Waals surface area contributed by atoms with Crippen molar-refractivity contribution in [3.63, 3.8) is 0 Å². The Kier molecular flexibility index (Phi) is 7.45. The summed E-state index contributed by atoms with van der Waals surface area (Å²) >= 11 is 0. The Morgan fingerprint density at radius 1 is 0.774 bits per heavy atom. The Labute approximate surface area is 175 Å². The second-order valence-electron chi connectivity index (χ2n) is 6.06. The van der Waals surface area contributed by atoms with Crippen LogP contribution in [0.25, 0.3) is 12.2 Å². The minimum absolute atomic E-state index is 0.384. The smallest absolute Gasteiger partial charge is 0.283 e. The summed E-state index contributed by atoms with van der Waals surface area (Å²) in [6.45, 7) is 0. The van der Waals surface area contributed by atoms with Gasteiger partial charge in [0.2, 0.25) is 5.69 Å². The first-order valence-electron chi connectivity index (χ1n) is 8.66. The standard InChI is InChI=1S/C14H14N.C6H3N3O7/c1-15-12-6-5-9-14(15)11-10-13-7-3-2-4-8-13;10-6-4(8(13)14)1-3(7(11)12)2-5(6)9(15)16/h2-12H,1H3;1-2,10H/q+1;/p-1/b11-10+;. The number of hydrogen-bond acceptors (Lipinski definition) is 7. The van der Waals surface area contributed by atoms with Crippen molar-refractivity contribution in [1.82, 2.24) is 0 Å². The fourth-order valence-electron chi connectivity index (χ4n) is 2.42. The van der Waals surface area contributed by atoms with Gasteiger partial charge >= 0.3 is 0 Å². The molecule has 0 saturated heterocycles. The lowest BCUT2D eigenvalue weighted by Gasteiger charge is -2.06. The zero-order chi connectivity index (χ0) is 23.0. The van der Waals surface area contributed by atoms with Gasteiger partial charge in [0.25, 0.3) is 17.1 Å². The van der Waals surface area contributed by atoms with Gasteiger partial charge < -0.3 is 5.11 Å². The molecule has 0 radical (unpaired) electrons. The van der Waals surface area contributed by atoms with E-state index in [4.69, 9.17) is 0 Å². The van der Waals surface area contributed by atoms with Gasteiger partial charge in [0, 0.05) is 18.2 Å². The van der Waals surface area contributed by atoms with Gasteiger partial charge in [0.1, 0.15) is 7.05 Å². The van der Waals surface area contributed by atoms with Gasteiger partial charge in [0.05, 0.1) is 32.7 Å². The van der Waals surface area contributed by atoms with Crippen molar-refractivity contribution in [2.45, 2.75) is 0 Å². The molecule has 0 fully saturated rings. The van der Waals surface area contributed by atoms with Crippen LogP contribution in [0.3, 0.4) is 0 Å². The van der Waals surface area contributed by atoms with E-state index in [0.717, 1.165) is 0 Å². The molecule has 31 heavy (non-hydrogen) atoms. The van der Waals surface area contributed by atoms with Gasteiger partial charge in [-0.1, -0.05) is 30.3 Å². The van der Waals surface area contributed by atoms with E-state index >= 15 is 0 Å². The van der Waals surface area contributed by atoms with Crippen molar-refractivity contribution < 1.29 is 24.4 Å². The molecule has 1 aromatic heterocycles. The summed E-state index contributed by atoms with van der Waals surface area (Å²) in [5.41, 5.74) is -0.845. The first-order valence-corrected chi connectivity index (χ1v) is 8.66. The lowest BCUT2D eigenvalue weighted by molar-refractivity contribution is -0.673. The average Bonchev–Trinajstić information content (AvgIpc) is 2.74. The third kappa shape index (κ3) is 6.15. The van der Waals surface area contributed by atoms with E-state index in [1.54, 1.807) is 0 Å². The molecule has 3 aromatic rings. The Morgan fingerprint density at radius 3 is 1.81 bits per heavy atom. The Bertz CT molecular complexity index is 1110. The van der Waals surface area contributed by atoms with Crippen LogP contribution in [0.5, 0.6) is 5.75 Å². The summed E-state index contributed by atoms with van der Waals surface area (Å²) in [6, 6.07) is 17.3. The minimum atomic E-state index is -1.46. The first-order chi connectivity index (χ1) is 14.7. The van der Waals surface area contributed by atoms with E-state index < -0.39 is 37.6 Å². The van der Waals surface area contributed by atoms with Crippen molar-refractivity contribution in [2.75, 3.05) is 0 Å². The Morgan fingerprint density at radius 2 is 1.32 bits per heavy atom. The van der Waals surface area contributed by atoms with Crippen LogP contribution in [-0.4, -0.2) is 14.8 Å². The monoisotopic (exact) mass is 424 g/mol. The van der Waals surface area contributed by atoms with Gasteiger partial charge in [0.15, 0.2) is 6.20 Å². The number of hydrogen-bond donors (Lipinski definition) is 0. The summed E-state index contributed by atoms with van der Waals surface area (Å²) in [5.74, 6) is -1.46. The molecule has 158 valence electrons. The summed E-state index contributed by atoms with van der Waals surface area (Å²) < 4.78 is 2.10. The number of non-ortho nitro benzene ring substituents is 1. The number of nitrogens with zero attached hydrogens (tertiary/aromatic N) is 4. The summed E-state index contributed by atoms with van der Waals surface area (Å²) in [7, 11) is 2.05. The number of aromatic nitrogens is 1. The third-order valence-electron chi connectivity index (χ3n) is 3.98. The van der Waals surface area contributed by atoms with Crippen LogP contribution in [0.1, 0.15) is 11.3 Å². The number of pyridine rings is 1.